The maximum atomic E-state index is 6.68. The Morgan fingerprint density at radius 2 is 0.940 bits per heavy atom. The molecule has 10 rings (SSSR count). The molecule has 0 amide bonds. The van der Waals surface area contributed by atoms with Crippen LogP contribution >= 0.6 is 0 Å². The fourth-order valence-corrected chi connectivity index (χ4v) is 7.70. The quantitative estimate of drug-likeness (QED) is 0.175. The molecular formula is C48H31NO. The summed E-state index contributed by atoms with van der Waals surface area (Å²) in [7, 11) is 0. The van der Waals surface area contributed by atoms with Gasteiger partial charge in [0.25, 0.3) is 0 Å². The second-order valence-corrected chi connectivity index (χ2v) is 12.9. The van der Waals surface area contributed by atoms with Crippen molar-refractivity contribution in [1.82, 2.24) is 0 Å². The van der Waals surface area contributed by atoms with Crippen LogP contribution < -0.4 is 4.90 Å². The lowest BCUT2D eigenvalue weighted by Crippen LogP contribution is -2.11. The Hall–Kier alpha value is -6.64. The van der Waals surface area contributed by atoms with Crippen LogP contribution in [0.25, 0.3) is 76.5 Å². The first-order chi connectivity index (χ1) is 24.8. The summed E-state index contributed by atoms with van der Waals surface area (Å²) >= 11 is 0. The predicted molar refractivity (Wildman–Crippen MR) is 212 cm³/mol. The topological polar surface area (TPSA) is 16.4 Å². The van der Waals surface area contributed by atoms with Crippen molar-refractivity contribution < 1.29 is 4.42 Å². The van der Waals surface area contributed by atoms with E-state index in [0.29, 0.717) is 0 Å². The van der Waals surface area contributed by atoms with E-state index in [1.807, 2.05) is 6.07 Å². The second-order valence-electron chi connectivity index (χ2n) is 12.9. The Morgan fingerprint density at radius 1 is 0.340 bits per heavy atom. The summed E-state index contributed by atoms with van der Waals surface area (Å²) in [5.41, 5.74) is 9.68. The smallest absolute Gasteiger partial charge is 0.159 e. The van der Waals surface area contributed by atoms with Crippen LogP contribution in [0, 0.1) is 0 Å². The third-order valence-corrected chi connectivity index (χ3v) is 10.0. The maximum absolute atomic E-state index is 6.68. The molecule has 10 aromatic rings. The molecule has 0 saturated heterocycles. The molecule has 0 saturated carbocycles. The summed E-state index contributed by atoms with van der Waals surface area (Å²) in [6, 6.07) is 67.5. The minimum atomic E-state index is 0.870. The number of furan rings is 1. The second kappa shape index (κ2) is 11.5. The Morgan fingerprint density at radius 3 is 1.82 bits per heavy atom. The molecule has 0 N–H and O–H groups in total. The lowest BCUT2D eigenvalue weighted by Gasteiger charge is -2.28. The zero-order valence-electron chi connectivity index (χ0n) is 27.3. The average molecular weight is 638 g/mol. The van der Waals surface area contributed by atoms with E-state index >= 15 is 0 Å². The van der Waals surface area contributed by atoms with E-state index in [-0.39, 0.29) is 0 Å². The van der Waals surface area contributed by atoms with E-state index in [1.54, 1.807) is 0 Å². The molecule has 0 atom stereocenters. The van der Waals surface area contributed by atoms with E-state index in [9.17, 15) is 0 Å². The van der Waals surface area contributed by atoms with Crippen LogP contribution in [0.3, 0.4) is 0 Å². The Kier molecular flexibility index (Phi) is 6.53. The Labute approximate surface area is 290 Å². The van der Waals surface area contributed by atoms with E-state index in [2.05, 4.69) is 187 Å². The van der Waals surface area contributed by atoms with E-state index in [1.165, 1.54) is 49.0 Å². The highest BCUT2D eigenvalue weighted by molar-refractivity contribution is 6.16. The van der Waals surface area contributed by atoms with Crippen LogP contribution in [-0.2, 0) is 0 Å². The summed E-state index contributed by atoms with van der Waals surface area (Å²) in [5.74, 6) is 0. The van der Waals surface area contributed by atoms with Crippen LogP contribution in [0.5, 0.6) is 0 Å². The van der Waals surface area contributed by atoms with Gasteiger partial charge in [0.1, 0.15) is 5.58 Å². The maximum Gasteiger partial charge on any atom is 0.159 e. The first-order valence-electron chi connectivity index (χ1n) is 17.1. The molecule has 9 aromatic carbocycles. The first kappa shape index (κ1) is 28.4. The van der Waals surface area contributed by atoms with Gasteiger partial charge in [-0.3, -0.25) is 0 Å². The molecular weight excluding hydrogens is 607 g/mol. The van der Waals surface area contributed by atoms with E-state index in [4.69, 9.17) is 4.42 Å². The van der Waals surface area contributed by atoms with Crippen molar-refractivity contribution >= 4 is 71.3 Å². The van der Waals surface area contributed by atoms with Crippen molar-refractivity contribution in [2.75, 3.05) is 4.90 Å². The molecule has 0 radical (unpaired) electrons. The highest BCUT2D eigenvalue weighted by Gasteiger charge is 2.22. The van der Waals surface area contributed by atoms with Crippen LogP contribution in [0.15, 0.2) is 192 Å². The summed E-state index contributed by atoms with van der Waals surface area (Å²) in [5, 5.41) is 9.57. The van der Waals surface area contributed by atoms with Gasteiger partial charge in [0, 0.05) is 21.8 Å². The van der Waals surface area contributed by atoms with Gasteiger partial charge in [-0.05, 0) is 85.6 Å². The van der Waals surface area contributed by atoms with Gasteiger partial charge in [-0.25, -0.2) is 0 Å². The van der Waals surface area contributed by atoms with E-state index < -0.39 is 0 Å². The molecule has 0 aliphatic heterocycles. The summed E-state index contributed by atoms with van der Waals surface area (Å²) in [6.45, 7) is 0. The molecule has 2 nitrogen and oxygen atoms in total. The van der Waals surface area contributed by atoms with Crippen LogP contribution in [0.1, 0.15) is 0 Å². The zero-order valence-corrected chi connectivity index (χ0v) is 27.3. The standard InChI is InChI=1S/C48H31NO/c1-3-20-38-32(13-1)15-11-25-39(38)35-18-9-16-33(29-35)34-17-10-19-37(30-34)49(45-27-12-26-44-43-24-7-8-28-47(43)50-48(44)45)46-31-36-14-2-4-21-40(36)41-22-5-6-23-42(41)46/h1-31H. The number of anilines is 3. The molecule has 1 aromatic heterocycles. The number of fused-ring (bicyclic) bond motifs is 7. The van der Waals surface area contributed by atoms with Crippen molar-refractivity contribution in [3.8, 4) is 22.3 Å². The van der Waals surface area contributed by atoms with Crippen LogP contribution in [0.4, 0.5) is 17.1 Å². The number of hydrogen-bond acceptors (Lipinski definition) is 2. The van der Waals surface area contributed by atoms with Gasteiger partial charge in [-0.1, -0.05) is 152 Å². The van der Waals surface area contributed by atoms with Gasteiger partial charge in [-0.15, -0.1) is 0 Å². The molecule has 0 spiro atoms. The third-order valence-electron chi connectivity index (χ3n) is 10.0. The molecule has 0 aliphatic rings. The average Bonchev–Trinajstić information content (AvgIpc) is 3.58. The lowest BCUT2D eigenvalue weighted by molar-refractivity contribution is 0.669. The van der Waals surface area contributed by atoms with Gasteiger partial charge in [-0.2, -0.15) is 0 Å². The highest BCUT2D eigenvalue weighted by Crippen LogP contribution is 2.46. The van der Waals surface area contributed by atoms with Crippen molar-refractivity contribution in [2.45, 2.75) is 0 Å². The lowest BCUT2D eigenvalue weighted by atomic mass is 9.95. The molecule has 50 heavy (non-hydrogen) atoms. The first-order valence-corrected chi connectivity index (χ1v) is 17.1. The number of nitrogens with zero attached hydrogens (tertiary/aromatic N) is 1. The largest absolute Gasteiger partial charge is 0.454 e. The fourth-order valence-electron chi connectivity index (χ4n) is 7.70. The number of rotatable bonds is 5. The SMILES string of the molecule is c1cc(-c2cccc(N(c3cc4ccccc4c4ccccc34)c3cccc4c3oc3ccccc34)c2)cc(-c2cccc3ccccc23)c1. The van der Waals surface area contributed by atoms with Gasteiger partial charge in [0.05, 0.1) is 11.4 Å². The summed E-state index contributed by atoms with van der Waals surface area (Å²) < 4.78 is 6.68. The third kappa shape index (κ3) is 4.57. The van der Waals surface area contributed by atoms with Crippen molar-refractivity contribution in [3.63, 3.8) is 0 Å². The normalized spacial score (nSPS) is 11.6. The number of para-hydroxylation sites is 2. The van der Waals surface area contributed by atoms with Gasteiger partial charge >= 0.3 is 0 Å². The zero-order chi connectivity index (χ0) is 33.0. The molecule has 1 heterocycles. The molecule has 0 fully saturated rings. The van der Waals surface area contributed by atoms with Crippen LogP contribution in [0.2, 0.25) is 0 Å². The Bertz CT molecular complexity index is 2890. The molecule has 234 valence electrons. The van der Waals surface area contributed by atoms with Crippen molar-refractivity contribution in [2.24, 2.45) is 0 Å². The van der Waals surface area contributed by atoms with Crippen LogP contribution in [-0.4, -0.2) is 0 Å². The predicted octanol–water partition coefficient (Wildman–Crippen LogP) is 13.8. The summed E-state index contributed by atoms with van der Waals surface area (Å²) in [6.07, 6.45) is 0. The van der Waals surface area contributed by atoms with Gasteiger partial charge in [0.15, 0.2) is 5.58 Å². The van der Waals surface area contributed by atoms with Gasteiger partial charge < -0.3 is 9.32 Å². The molecule has 0 unspecified atom stereocenters. The number of benzene rings is 9. The highest BCUT2D eigenvalue weighted by atomic mass is 16.3. The van der Waals surface area contributed by atoms with E-state index in [0.717, 1.165) is 44.6 Å². The molecule has 2 heteroatoms. The minimum absolute atomic E-state index is 0.870. The Balaban J connectivity index is 1.21. The van der Waals surface area contributed by atoms with Gasteiger partial charge in [0.2, 0.25) is 0 Å². The monoisotopic (exact) mass is 637 g/mol. The number of hydrogen-bond donors (Lipinski definition) is 0. The minimum Gasteiger partial charge on any atom is -0.454 e. The molecule has 0 aliphatic carbocycles. The van der Waals surface area contributed by atoms with Crippen molar-refractivity contribution in [1.29, 1.82) is 0 Å². The fraction of sp³-hybridized carbons (Fsp3) is 0. The molecule has 0 bridgehead atoms. The van der Waals surface area contributed by atoms with Crippen molar-refractivity contribution in [3.05, 3.63) is 188 Å². The summed E-state index contributed by atoms with van der Waals surface area (Å²) in [4.78, 5) is 2.39.